The Morgan fingerprint density at radius 2 is 1.05 bits per heavy atom. The molecule has 12 rings (SSSR count). The second kappa shape index (κ2) is 12.8. The lowest BCUT2D eigenvalue weighted by molar-refractivity contribution is -0.00518. The van der Waals surface area contributed by atoms with Crippen LogP contribution in [0.4, 0.5) is 0 Å². The number of nitrogens with zero attached hydrogens (tertiary/aromatic N) is 4. The molecule has 0 saturated heterocycles. The highest BCUT2D eigenvalue weighted by atomic mass is 32.1. The molecule has 2 aromatic heterocycles. The van der Waals surface area contributed by atoms with Crippen LogP contribution in [0.2, 0.25) is 0 Å². The first kappa shape index (κ1) is 32.5. The summed E-state index contributed by atoms with van der Waals surface area (Å²) >= 11 is 1.73. The van der Waals surface area contributed by atoms with E-state index in [2.05, 4.69) is 127 Å². The minimum Gasteiger partial charge on any atom is -0.208 e. The summed E-state index contributed by atoms with van der Waals surface area (Å²) in [6, 6.07) is 51.6. The van der Waals surface area contributed by atoms with E-state index >= 15 is 0 Å². The van der Waals surface area contributed by atoms with Crippen LogP contribution < -0.4 is 0 Å². The Morgan fingerprint density at radius 1 is 0.491 bits per heavy atom. The largest absolute Gasteiger partial charge is 0.208 e. The summed E-state index contributed by atoms with van der Waals surface area (Å²) in [5, 5.41) is 11.8. The fourth-order valence-corrected chi connectivity index (χ4v) is 11.8. The van der Waals surface area contributed by atoms with Gasteiger partial charge < -0.3 is 0 Å². The first-order chi connectivity index (χ1) is 27.1. The molecule has 0 aliphatic heterocycles. The monoisotopic (exact) mass is 726 g/mol. The van der Waals surface area contributed by atoms with E-state index in [1.54, 1.807) is 11.3 Å². The van der Waals surface area contributed by atoms with Crippen molar-refractivity contribution in [1.82, 2.24) is 15.0 Å². The zero-order valence-electron chi connectivity index (χ0n) is 30.5. The summed E-state index contributed by atoms with van der Waals surface area (Å²) < 4.78 is 2.33. The van der Waals surface area contributed by atoms with Crippen LogP contribution >= 0.6 is 11.3 Å². The second-order valence-electron chi connectivity index (χ2n) is 16.2. The molecule has 0 spiro atoms. The van der Waals surface area contributed by atoms with E-state index in [1.807, 2.05) is 18.2 Å². The lowest BCUT2D eigenvalue weighted by Crippen LogP contribution is -2.48. The van der Waals surface area contributed by atoms with Crippen LogP contribution in [0.5, 0.6) is 0 Å². The van der Waals surface area contributed by atoms with Gasteiger partial charge in [0.1, 0.15) is 0 Å². The van der Waals surface area contributed by atoms with Crippen molar-refractivity contribution in [1.29, 1.82) is 5.26 Å². The minimum atomic E-state index is 0.343. The van der Waals surface area contributed by atoms with Gasteiger partial charge in [-0.2, -0.15) is 5.26 Å². The van der Waals surface area contributed by atoms with E-state index in [0.717, 1.165) is 61.4 Å². The molecule has 55 heavy (non-hydrogen) atoms. The van der Waals surface area contributed by atoms with Crippen LogP contribution in [-0.4, -0.2) is 15.0 Å². The molecule has 0 N–H and O–H groups in total. The number of fused-ring (bicyclic) bond motifs is 3. The van der Waals surface area contributed by atoms with E-state index in [1.165, 1.54) is 59.6 Å². The van der Waals surface area contributed by atoms with Crippen molar-refractivity contribution in [3.63, 3.8) is 0 Å². The zero-order valence-corrected chi connectivity index (χ0v) is 31.3. The maximum atomic E-state index is 9.45. The molecule has 0 atom stereocenters. The number of thiophene rings is 1. The van der Waals surface area contributed by atoms with Gasteiger partial charge in [0.2, 0.25) is 0 Å². The summed E-state index contributed by atoms with van der Waals surface area (Å²) in [7, 11) is 0. The van der Waals surface area contributed by atoms with Crippen molar-refractivity contribution in [2.45, 2.75) is 43.9 Å². The molecule has 0 amide bonds. The van der Waals surface area contributed by atoms with Gasteiger partial charge in [-0.3, -0.25) is 0 Å². The predicted molar refractivity (Wildman–Crippen MR) is 224 cm³/mol. The van der Waals surface area contributed by atoms with Crippen LogP contribution in [0.3, 0.4) is 0 Å². The third-order valence-electron chi connectivity index (χ3n) is 12.7. The zero-order chi connectivity index (χ0) is 36.5. The summed E-state index contributed by atoms with van der Waals surface area (Å²) in [5.74, 6) is 4.73. The molecular formula is C50H38N4S. The van der Waals surface area contributed by atoms with Crippen molar-refractivity contribution in [3.8, 4) is 62.5 Å². The van der Waals surface area contributed by atoms with Crippen LogP contribution in [-0.2, 0) is 5.41 Å². The molecule has 0 unspecified atom stereocenters. The van der Waals surface area contributed by atoms with Crippen LogP contribution in [0, 0.1) is 29.1 Å². The first-order valence-corrected chi connectivity index (χ1v) is 20.4. The first-order valence-electron chi connectivity index (χ1n) is 19.6. The van der Waals surface area contributed by atoms with Gasteiger partial charge in [-0.1, -0.05) is 115 Å². The van der Waals surface area contributed by atoms with Gasteiger partial charge >= 0.3 is 0 Å². The summed E-state index contributed by atoms with van der Waals surface area (Å²) in [4.78, 5) is 15.6. The Morgan fingerprint density at radius 3 is 1.78 bits per heavy atom. The minimum absolute atomic E-state index is 0.343. The van der Waals surface area contributed by atoms with Crippen molar-refractivity contribution < 1.29 is 0 Å². The summed E-state index contributed by atoms with van der Waals surface area (Å²) in [5.41, 5.74) is 9.93. The van der Waals surface area contributed by atoms with Crippen LogP contribution in [0.1, 0.15) is 49.7 Å². The number of rotatable bonds is 6. The normalized spacial score (nSPS) is 21.3. The molecule has 4 bridgehead atoms. The van der Waals surface area contributed by atoms with Gasteiger partial charge in [0.15, 0.2) is 17.5 Å². The summed E-state index contributed by atoms with van der Waals surface area (Å²) in [6.07, 6.45) is 8.39. The van der Waals surface area contributed by atoms with Crippen molar-refractivity contribution >= 4 is 31.5 Å². The number of hydrogen-bond donors (Lipinski definition) is 0. The van der Waals surface area contributed by atoms with Gasteiger partial charge in [-0.05, 0) is 114 Å². The summed E-state index contributed by atoms with van der Waals surface area (Å²) in [6.45, 7) is 0. The van der Waals surface area contributed by atoms with Crippen molar-refractivity contribution in [2.24, 2.45) is 17.8 Å². The second-order valence-corrected chi connectivity index (χ2v) is 17.3. The average molecular weight is 727 g/mol. The van der Waals surface area contributed by atoms with Crippen LogP contribution in [0.15, 0.2) is 140 Å². The molecule has 4 nitrogen and oxygen atoms in total. The smallest absolute Gasteiger partial charge is 0.164 e. The number of aromatic nitrogens is 3. The van der Waals surface area contributed by atoms with E-state index in [0.29, 0.717) is 28.5 Å². The van der Waals surface area contributed by atoms with Crippen molar-refractivity contribution in [3.05, 3.63) is 151 Å². The SMILES string of the molecule is N#Cc1ccc2c(c1)sc1cc(-c3cccc(-c4nc(-c5ccc(C67CC8CC(CC(C8)C6)C7)cc5)nc(-c5ccccc5-c5ccccc5)n4)c3)ccc12. The molecule has 4 saturated carbocycles. The fraction of sp³-hybridized carbons (Fsp3) is 0.200. The third-order valence-corrected chi connectivity index (χ3v) is 13.9. The quantitative estimate of drug-likeness (QED) is 0.171. The van der Waals surface area contributed by atoms with E-state index in [-0.39, 0.29) is 0 Å². The highest BCUT2D eigenvalue weighted by Crippen LogP contribution is 2.60. The van der Waals surface area contributed by atoms with Gasteiger partial charge in [-0.15, -0.1) is 11.3 Å². The molecule has 4 aliphatic rings. The lowest BCUT2D eigenvalue weighted by Gasteiger charge is -2.57. The average Bonchev–Trinajstić information content (AvgIpc) is 3.60. The maximum Gasteiger partial charge on any atom is 0.164 e. The molecule has 0 radical (unpaired) electrons. The van der Waals surface area contributed by atoms with Gasteiger partial charge in [-0.25, -0.2) is 15.0 Å². The maximum absolute atomic E-state index is 9.45. The molecule has 4 fully saturated rings. The predicted octanol–water partition coefficient (Wildman–Crippen LogP) is 12.9. The number of hydrogen-bond acceptors (Lipinski definition) is 5. The highest BCUT2D eigenvalue weighted by molar-refractivity contribution is 7.25. The van der Waals surface area contributed by atoms with E-state index in [9.17, 15) is 5.26 Å². The molecule has 4 aliphatic carbocycles. The van der Waals surface area contributed by atoms with E-state index in [4.69, 9.17) is 15.0 Å². The molecule has 264 valence electrons. The molecule has 8 aromatic rings. The Bertz CT molecular complexity index is 2780. The molecule has 2 heterocycles. The van der Waals surface area contributed by atoms with Crippen molar-refractivity contribution in [2.75, 3.05) is 0 Å². The Labute approximate surface area is 325 Å². The Hall–Kier alpha value is -5.96. The molecule has 6 aromatic carbocycles. The number of benzene rings is 6. The van der Waals surface area contributed by atoms with E-state index < -0.39 is 0 Å². The third kappa shape index (κ3) is 5.67. The number of nitriles is 1. The van der Waals surface area contributed by atoms with Gasteiger partial charge in [0.25, 0.3) is 0 Å². The van der Waals surface area contributed by atoms with Gasteiger partial charge in [0, 0.05) is 36.9 Å². The van der Waals surface area contributed by atoms with Gasteiger partial charge in [0.05, 0.1) is 11.6 Å². The fourth-order valence-electron chi connectivity index (χ4n) is 10.6. The molecular weight excluding hydrogens is 689 g/mol. The topological polar surface area (TPSA) is 62.5 Å². The Balaban J connectivity index is 1.01. The standard InChI is InChI=1S/C50H38N4S/c51-30-31-13-19-42-43-20-16-38(26-46(43)55-45(42)24-31)37-9-6-10-39(25-37)48-52-47(53-49(54-48)44-12-5-4-11-41(44)35-7-2-1-3-8-35)36-14-17-40(18-15-36)50-27-32-21-33(28-50)23-34(22-32)29-50/h1-20,24-26,32-34H,21-23,27-29H2. The Kier molecular flexibility index (Phi) is 7.57. The molecule has 5 heteroatoms. The lowest BCUT2D eigenvalue weighted by atomic mass is 9.48. The highest BCUT2D eigenvalue weighted by Gasteiger charge is 2.51. The van der Waals surface area contributed by atoms with Crippen LogP contribution in [0.25, 0.3) is 76.6 Å².